The Labute approximate surface area is 99.2 Å². The lowest BCUT2D eigenvalue weighted by Crippen LogP contribution is -2.45. The molecule has 0 amide bonds. The molecule has 1 saturated heterocycles. The molecule has 2 unspecified atom stereocenters. The van der Waals surface area contributed by atoms with Crippen molar-refractivity contribution in [2.24, 2.45) is 11.7 Å². The quantitative estimate of drug-likeness (QED) is 0.866. The Balaban J connectivity index is 1.94. The summed E-state index contributed by atoms with van der Waals surface area (Å²) in [7, 11) is 0. The van der Waals surface area contributed by atoms with Crippen LogP contribution >= 0.6 is 22.9 Å². The van der Waals surface area contributed by atoms with E-state index in [2.05, 4.69) is 16.8 Å². The fourth-order valence-corrected chi connectivity index (χ4v) is 3.24. The van der Waals surface area contributed by atoms with Crippen LogP contribution in [0.25, 0.3) is 0 Å². The van der Waals surface area contributed by atoms with Crippen molar-refractivity contribution in [3.8, 4) is 0 Å². The number of thiazole rings is 1. The van der Waals surface area contributed by atoms with Gasteiger partial charge in [-0.1, -0.05) is 18.5 Å². The van der Waals surface area contributed by atoms with E-state index in [1.165, 1.54) is 4.88 Å². The fourth-order valence-electron chi connectivity index (χ4n) is 2.22. The van der Waals surface area contributed by atoms with Gasteiger partial charge < -0.3 is 5.73 Å². The Bertz CT molecular complexity index is 318. The zero-order chi connectivity index (χ0) is 10.8. The summed E-state index contributed by atoms with van der Waals surface area (Å²) in [4.78, 5) is 7.66. The van der Waals surface area contributed by atoms with Gasteiger partial charge in [0.25, 0.3) is 0 Å². The highest BCUT2D eigenvalue weighted by Gasteiger charge is 2.22. The topological polar surface area (TPSA) is 42.1 Å². The average molecular weight is 246 g/mol. The van der Waals surface area contributed by atoms with Crippen LogP contribution in [0, 0.1) is 5.92 Å². The second kappa shape index (κ2) is 4.78. The highest BCUT2D eigenvalue weighted by Crippen LogP contribution is 2.22. The zero-order valence-electron chi connectivity index (χ0n) is 8.82. The Morgan fingerprint density at radius 3 is 3.07 bits per heavy atom. The summed E-state index contributed by atoms with van der Waals surface area (Å²) < 4.78 is 0.624. The van der Waals surface area contributed by atoms with Gasteiger partial charge in [0.05, 0.1) is 0 Å². The van der Waals surface area contributed by atoms with Crippen molar-refractivity contribution in [1.29, 1.82) is 0 Å². The van der Waals surface area contributed by atoms with E-state index in [4.69, 9.17) is 17.3 Å². The second-order valence-corrected chi connectivity index (χ2v) is 6.07. The number of hydrogen-bond donors (Lipinski definition) is 1. The van der Waals surface area contributed by atoms with Crippen molar-refractivity contribution in [1.82, 2.24) is 9.88 Å². The molecule has 0 bridgehead atoms. The molecular formula is C10H16ClN3S. The summed E-state index contributed by atoms with van der Waals surface area (Å²) in [5.74, 6) is 0.692. The maximum atomic E-state index is 5.99. The molecule has 0 spiro atoms. The molecule has 1 aromatic heterocycles. The third-order valence-electron chi connectivity index (χ3n) is 2.67. The van der Waals surface area contributed by atoms with Crippen LogP contribution < -0.4 is 5.73 Å². The molecule has 0 aromatic carbocycles. The van der Waals surface area contributed by atoms with Gasteiger partial charge in [0.2, 0.25) is 0 Å². The van der Waals surface area contributed by atoms with Gasteiger partial charge in [-0.3, -0.25) is 4.90 Å². The van der Waals surface area contributed by atoms with Crippen LogP contribution in [0.2, 0.25) is 4.47 Å². The molecule has 2 atom stereocenters. The van der Waals surface area contributed by atoms with Crippen LogP contribution in [0.3, 0.4) is 0 Å². The highest BCUT2D eigenvalue weighted by molar-refractivity contribution is 7.15. The largest absolute Gasteiger partial charge is 0.327 e. The number of nitrogens with zero attached hydrogens (tertiary/aromatic N) is 2. The van der Waals surface area contributed by atoms with E-state index < -0.39 is 0 Å². The van der Waals surface area contributed by atoms with Gasteiger partial charge in [-0.25, -0.2) is 4.98 Å². The summed E-state index contributed by atoms with van der Waals surface area (Å²) in [6.45, 7) is 5.30. The lowest BCUT2D eigenvalue weighted by atomic mass is 9.97. The molecule has 15 heavy (non-hydrogen) atoms. The number of likely N-dealkylation sites (tertiary alicyclic amines) is 1. The molecule has 0 aliphatic carbocycles. The molecule has 0 radical (unpaired) electrons. The van der Waals surface area contributed by atoms with Crippen LogP contribution in [-0.2, 0) is 6.54 Å². The van der Waals surface area contributed by atoms with E-state index in [0.29, 0.717) is 16.4 Å². The van der Waals surface area contributed by atoms with Crippen LogP contribution in [0.1, 0.15) is 18.2 Å². The Kier molecular flexibility index (Phi) is 3.61. The SMILES string of the molecule is CC1CC(N)CN(Cc2cnc(Cl)s2)C1. The number of halogens is 1. The van der Waals surface area contributed by atoms with Crippen LogP contribution in [0.5, 0.6) is 0 Å². The van der Waals surface area contributed by atoms with Crippen LogP contribution in [-0.4, -0.2) is 29.0 Å². The predicted molar refractivity (Wildman–Crippen MR) is 64.2 cm³/mol. The monoisotopic (exact) mass is 245 g/mol. The fraction of sp³-hybridized carbons (Fsp3) is 0.700. The minimum atomic E-state index is 0.317. The Morgan fingerprint density at radius 2 is 2.47 bits per heavy atom. The molecule has 2 heterocycles. The van der Waals surface area contributed by atoms with Gasteiger partial charge in [-0.2, -0.15) is 0 Å². The number of hydrogen-bond acceptors (Lipinski definition) is 4. The smallest absolute Gasteiger partial charge is 0.183 e. The van der Waals surface area contributed by atoms with Gasteiger partial charge in [0, 0.05) is 36.8 Å². The molecule has 2 rings (SSSR count). The number of nitrogens with two attached hydrogens (primary N) is 1. The van der Waals surface area contributed by atoms with E-state index in [-0.39, 0.29) is 0 Å². The summed E-state index contributed by atoms with van der Waals surface area (Å²) >= 11 is 7.36. The molecule has 1 aromatic rings. The number of aromatic nitrogens is 1. The Hall–Kier alpha value is -0.160. The second-order valence-electron chi connectivity index (χ2n) is 4.37. The first-order chi connectivity index (χ1) is 7.13. The van der Waals surface area contributed by atoms with Crippen molar-refractivity contribution in [3.05, 3.63) is 15.5 Å². The maximum Gasteiger partial charge on any atom is 0.183 e. The summed E-state index contributed by atoms with van der Waals surface area (Å²) in [5, 5.41) is 0. The van der Waals surface area contributed by atoms with Crippen molar-refractivity contribution >= 4 is 22.9 Å². The summed E-state index contributed by atoms with van der Waals surface area (Å²) in [5.41, 5.74) is 5.99. The van der Waals surface area contributed by atoms with E-state index in [1.54, 1.807) is 11.3 Å². The molecule has 3 nitrogen and oxygen atoms in total. The van der Waals surface area contributed by atoms with Crippen LogP contribution in [0.4, 0.5) is 0 Å². The first kappa shape index (κ1) is 11.3. The van der Waals surface area contributed by atoms with Crippen LogP contribution in [0.15, 0.2) is 6.20 Å². The van der Waals surface area contributed by atoms with Gasteiger partial charge in [0.15, 0.2) is 4.47 Å². The zero-order valence-corrected chi connectivity index (χ0v) is 10.4. The first-order valence-electron chi connectivity index (χ1n) is 5.21. The molecule has 0 saturated carbocycles. The van der Waals surface area contributed by atoms with E-state index in [1.807, 2.05) is 6.20 Å². The predicted octanol–water partition coefficient (Wildman–Crippen LogP) is 1.97. The first-order valence-corrected chi connectivity index (χ1v) is 6.41. The van der Waals surface area contributed by atoms with Gasteiger partial charge in [-0.15, -0.1) is 11.3 Å². The van der Waals surface area contributed by atoms with E-state index >= 15 is 0 Å². The lowest BCUT2D eigenvalue weighted by Gasteiger charge is -2.34. The molecular weight excluding hydrogens is 230 g/mol. The molecule has 84 valence electrons. The average Bonchev–Trinajstić information content (AvgIpc) is 2.49. The third-order valence-corrected chi connectivity index (χ3v) is 3.77. The third kappa shape index (κ3) is 3.14. The van der Waals surface area contributed by atoms with Gasteiger partial charge in [0.1, 0.15) is 0 Å². The van der Waals surface area contributed by atoms with E-state index in [0.717, 1.165) is 26.1 Å². The number of rotatable bonds is 2. The van der Waals surface area contributed by atoms with E-state index in [9.17, 15) is 0 Å². The highest BCUT2D eigenvalue weighted by atomic mass is 35.5. The Morgan fingerprint density at radius 1 is 1.67 bits per heavy atom. The molecule has 2 N–H and O–H groups in total. The molecule has 1 aliphatic heterocycles. The van der Waals surface area contributed by atoms with Crippen molar-refractivity contribution in [3.63, 3.8) is 0 Å². The standard InChI is InChI=1S/C10H16ClN3S/c1-7-2-8(12)5-14(4-7)6-9-3-13-10(11)15-9/h3,7-8H,2,4-6,12H2,1H3. The van der Waals surface area contributed by atoms with Crippen molar-refractivity contribution < 1.29 is 0 Å². The summed E-state index contributed by atoms with van der Waals surface area (Å²) in [6.07, 6.45) is 3.00. The van der Waals surface area contributed by atoms with Crippen molar-refractivity contribution in [2.75, 3.05) is 13.1 Å². The molecule has 5 heteroatoms. The molecule has 1 aliphatic rings. The number of piperidine rings is 1. The van der Waals surface area contributed by atoms with Crippen molar-refractivity contribution in [2.45, 2.75) is 25.9 Å². The minimum Gasteiger partial charge on any atom is -0.327 e. The van der Waals surface area contributed by atoms with Gasteiger partial charge in [-0.05, 0) is 12.3 Å². The lowest BCUT2D eigenvalue weighted by molar-refractivity contribution is 0.159. The van der Waals surface area contributed by atoms with Gasteiger partial charge >= 0.3 is 0 Å². The minimum absolute atomic E-state index is 0.317. The maximum absolute atomic E-state index is 5.99. The normalized spacial score (nSPS) is 28.2. The summed E-state index contributed by atoms with van der Waals surface area (Å²) in [6, 6.07) is 0.317. The molecule has 1 fully saturated rings.